The molecule has 3 nitrogen and oxygen atoms in total. The molecule has 1 amide bonds. The Morgan fingerprint density at radius 3 is 3.00 bits per heavy atom. The quantitative estimate of drug-likeness (QED) is 0.876. The lowest BCUT2D eigenvalue weighted by Gasteiger charge is -2.27. The van der Waals surface area contributed by atoms with E-state index in [1.807, 2.05) is 18.4 Å². The SMILES string of the molecule is CSC[C@](C)(O)CNC(=O)[C@H]1CCCc2ccccc21. The molecular weight excluding hydrogens is 270 g/mol. The molecule has 0 aromatic heterocycles. The summed E-state index contributed by atoms with van der Waals surface area (Å²) >= 11 is 1.58. The van der Waals surface area contributed by atoms with Crippen molar-refractivity contribution in [1.29, 1.82) is 0 Å². The van der Waals surface area contributed by atoms with Crippen molar-refractivity contribution in [2.24, 2.45) is 0 Å². The number of rotatable bonds is 5. The van der Waals surface area contributed by atoms with E-state index in [2.05, 4.69) is 17.4 Å². The summed E-state index contributed by atoms with van der Waals surface area (Å²) in [5, 5.41) is 13.0. The summed E-state index contributed by atoms with van der Waals surface area (Å²) in [5.41, 5.74) is 1.60. The van der Waals surface area contributed by atoms with Crippen LogP contribution in [0.5, 0.6) is 0 Å². The van der Waals surface area contributed by atoms with Crippen LogP contribution in [0.3, 0.4) is 0 Å². The minimum atomic E-state index is -0.844. The average Bonchev–Trinajstić information content (AvgIpc) is 2.44. The molecule has 0 spiro atoms. The van der Waals surface area contributed by atoms with Crippen molar-refractivity contribution < 1.29 is 9.90 Å². The molecule has 0 fully saturated rings. The largest absolute Gasteiger partial charge is 0.387 e. The lowest BCUT2D eigenvalue weighted by molar-refractivity contribution is -0.123. The van der Waals surface area contributed by atoms with Crippen molar-refractivity contribution in [1.82, 2.24) is 5.32 Å². The van der Waals surface area contributed by atoms with Crippen LogP contribution >= 0.6 is 11.8 Å². The summed E-state index contributed by atoms with van der Waals surface area (Å²) in [6.45, 7) is 2.07. The van der Waals surface area contributed by atoms with E-state index in [4.69, 9.17) is 0 Å². The summed E-state index contributed by atoms with van der Waals surface area (Å²) in [5.74, 6) is 0.595. The second kappa shape index (κ2) is 6.64. The van der Waals surface area contributed by atoms with Gasteiger partial charge in [0.05, 0.1) is 11.5 Å². The number of aryl methyl sites for hydroxylation is 1. The van der Waals surface area contributed by atoms with Crippen LogP contribution in [-0.2, 0) is 11.2 Å². The molecule has 4 heteroatoms. The molecule has 2 rings (SSSR count). The molecule has 0 bridgehead atoms. The number of benzene rings is 1. The number of aliphatic hydroxyl groups is 1. The lowest BCUT2D eigenvalue weighted by atomic mass is 9.82. The zero-order valence-corrected chi connectivity index (χ0v) is 13.0. The van der Waals surface area contributed by atoms with E-state index in [1.165, 1.54) is 5.56 Å². The number of hydrogen-bond acceptors (Lipinski definition) is 3. The number of thioether (sulfide) groups is 1. The van der Waals surface area contributed by atoms with Gasteiger partial charge in [-0.15, -0.1) is 0 Å². The van der Waals surface area contributed by atoms with E-state index in [-0.39, 0.29) is 11.8 Å². The van der Waals surface area contributed by atoms with Gasteiger partial charge in [0.2, 0.25) is 5.91 Å². The summed E-state index contributed by atoms with van der Waals surface area (Å²) in [7, 11) is 0. The number of fused-ring (bicyclic) bond motifs is 1. The maximum Gasteiger partial charge on any atom is 0.227 e. The van der Waals surface area contributed by atoms with Crippen molar-refractivity contribution >= 4 is 17.7 Å². The van der Waals surface area contributed by atoms with Crippen LogP contribution in [0.1, 0.15) is 36.8 Å². The molecule has 0 aliphatic heterocycles. The van der Waals surface area contributed by atoms with E-state index < -0.39 is 5.60 Å². The van der Waals surface area contributed by atoms with Crippen molar-refractivity contribution in [3.8, 4) is 0 Å². The van der Waals surface area contributed by atoms with E-state index in [1.54, 1.807) is 18.7 Å². The Balaban J connectivity index is 2.01. The predicted octanol–water partition coefficient (Wildman–Crippen LogP) is 2.34. The van der Waals surface area contributed by atoms with E-state index >= 15 is 0 Å². The predicted molar refractivity (Wildman–Crippen MR) is 84.1 cm³/mol. The Bertz CT molecular complexity index is 473. The minimum absolute atomic E-state index is 0.0403. The summed E-state index contributed by atoms with van der Waals surface area (Å²) in [4.78, 5) is 12.4. The number of amides is 1. The highest BCUT2D eigenvalue weighted by Gasteiger charge is 2.28. The Kier molecular flexibility index (Phi) is 5.11. The first kappa shape index (κ1) is 15.4. The van der Waals surface area contributed by atoms with Gasteiger partial charge in [-0.3, -0.25) is 4.79 Å². The second-order valence-corrected chi connectivity index (χ2v) is 6.66. The molecule has 1 aliphatic carbocycles. The van der Waals surface area contributed by atoms with E-state index in [0.29, 0.717) is 12.3 Å². The molecule has 1 aliphatic rings. The van der Waals surface area contributed by atoms with Gasteiger partial charge in [0.15, 0.2) is 0 Å². The van der Waals surface area contributed by atoms with Crippen LogP contribution in [0.25, 0.3) is 0 Å². The monoisotopic (exact) mass is 293 g/mol. The third kappa shape index (κ3) is 3.76. The molecule has 2 atom stereocenters. The smallest absolute Gasteiger partial charge is 0.227 e. The normalized spacial score (nSPS) is 20.9. The van der Waals surface area contributed by atoms with Crippen LogP contribution in [0.2, 0.25) is 0 Å². The van der Waals surface area contributed by atoms with Crippen LogP contribution in [0.4, 0.5) is 0 Å². The van der Waals surface area contributed by atoms with Crippen molar-refractivity contribution in [2.75, 3.05) is 18.6 Å². The fourth-order valence-electron chi connectivity index (χ4n) is 2.79. The highest BCUT2D eigenvalue weighted by Crippen LogP contribution is 2.31. The number of hydrogen-bond donors (Lipinski definition) is 2. The number of carbonyl (C=O) groups is 1. The van der Waals surface area contributed by atoms with E-state index in [9.17, 15) is 9.90 Å². The first-order valence-electron chi connectivity index (χ1n) is 7.10. The first-order valence-corrected chi connectivity index (χ1v) is 8.50. The third-order valence-corrected chi connectivity index (χ3v) is 4.70. The number of carbonyl (C=O) groups excluding carboxylic acids is 1. The molecule has 0 saturated carbocycles. The summed E-state index contributed by atoms with van der Waals surface area (Å²) in [6.07, 6.45) is 4.96. The maximum absolute atomic E-state index is 12.4. The van der Waals surface area contributed by atoms with Gasteiger partial charge in [0.1, 0.15) is 0 Å². The molecule has 0 unspecified atom stereocenters. The van der Waals surface area contributed by atoms with Crippen LogP contribution < -0.4 is 5.32 Å². The standard InChI is InChI=1S/C16H23NO2S/c1-16(19,11-20-2)10-17-15(18)14-9-5-7-12-6-3-4-8-13(12)14/h3-4,6,8,14,19H,5,7,9-11H2,1-2H3,(H,17,18)/t14-,16+/m0/s1. The number of nitrogens with one attached hydrogen (secondary N) is 1. The average molecular weight is 293 g/mol. The van der Waals surface area contributed by atoms with Gasteiger partial charge in [-0.05, 0) is 43.6 Å². The second-order valence-electron chi connectivity index (χ2n) is 5.79. The van der Waals surface area contributed by atoms with Gasteiger partial charge in [-0.25, -0.2) is 0 Å². The Morgan fingerprint density at radius 1 is 1.50 bits per heavy atom. The Hall–Kier alpha value is -1.00. The molecular formula is C16H23NO2S. The van der Waals surface area contributed by atoms with Gasteiger partial charge in [0, 0.05) is 12.3 Å². The zero-order valence-electron chi connectivity index (χ0n) is 12.2. The topological polar surface area (TPSA) is 49.3 Å². The fourth-order valence-corrected chi connectivity index (χ4v) is 3.51. The molecule has 110 valence electrons. The van der Waals surface area contributed by atoms with Crippen LogP contribution in [0.15, 0.2) is 24.3 Å². The highest BCUT2D eigenvalue weighted by atomic mass is 32.2. The fraction of sp³-hybridized carbons (Fsp3) is 0.562. The Labute approximate surface area is 125 Å². The van der Waals surface area contributed by atoms with Gasteiger partial charge < -0.3 is 10.4 Å². The zero-order chi connectivity index (χ0) is 14.6. The molecule has 0 heterocycles. The van der Waals surface area contributed by atoms with Gasteiger partial charge in [0.25, 0.3) is 0 Å². The van der Waals surface area contributed by atoms with Crippen molar-refractivity contribution in [3.05, 3.63) is 35.4 Å². The molecule has 0 saturated heterocycles. The van der Waals surface area contributed by atoms with Gasteiger partial charge >= 0.3 is 0 Å². The highest BCUT2D eigenvalue weighted by molar-refractivity contribution is 7.98. The van der Waals surface area contributed by atoms with Gasteiger partial charge in [-0.2, -0.15) is 11.8 Å². The molecule has 20 heavy (non-hydrogen) atoms. The summed E-state index contributed by atoms with van der Waals surface area (Å²) in [6, 6.07) is 8.19. The summed E-state index contributed by atoms with van der Waals surface area (Å²) < 4.78 is 0. The maximum atomic E-state index is 12.4. The molecule has 2 N–H and O–H groups in total. The van der Waals surface area contributed by atoms with Gasteiger partial charge in [-0.1, -0.05) is 24.3 Å². The lowest BCUT2D eigenvalue weighted by Crippen LogP contribution is -2.44. The van der Waals surface area contributed by atoms with Crippen LogP contribution in [-0.4, -0.2) is 35.2 Å². The van der Waals surface area contributed by atoms with E-state index in [0.717, 1.165) is 24.8 Å². The molecule has 1 aromatic rings. The van der Waals surface area contributed by atoms with Crippen LogP contribution in [0, 0.1) is 0 Å². The molecule has 1 aromatic carbocycles. The Morgan fingerprint density at radius 2 is 2.25 bits per heavy atom. The first-order chi connectivity index (χ1) is 9.53. The minimum Gasteiger partial charge on any atom is -0.387 e. The van der Waals surface area contributed by atoms with Crippen molar-refractivity contribution in [2.45, 2.75) is 37.7 Å². The third-order valence-electron chi connectivity index (χ3n) is 3.78. The van der Waals surface area contributed by atoms with Crippen molar-refractivity contribution in [3.63, 3.8) is 0 Å². The molecule has 0 radical (unpaired) electrons.